The maximum absolute atomic E-state index is 3.70. The van der Waals surface area contributed by atoms with Gasteiger partial charge in [0.15, 0.2) is 0 Å². The van der Waals surface area contributed by atoms with Crippen molar-refractivity contribution >= 4 is 0 Å². The van der Waals surface area contributed by atoms with Gasteiger partial charge in [0.2, 0.25) is 0 Å². The van der Waals surface area contributed by atoms with Crippen molar-refractivity contribution in [2.45, 2.75) is 6.92 Å². The molecule has 1 heteroatoms. The Balaban J connectivity index is 2.68. The summed E-state index contributed by atoms with van der Waals surface area (Å²) in [6.07, 6.45) is 6.40. The van der Waals surface area contributed by atoms with Crippen LogP contribution in [0, 0.1) is 6.20 Å². The van der Waals surface area contributed by atoms with Crippen LogP contribution < -0.4 is 5.32 Å². The third kappa shape index (κ3) is 0.432. The molecule has 0 bridgehead atoms. The highest BCUT2D eigenvalue weighted by molar-refractivity contribution is 5.16. The predicted molar refractivity (Wildman–Crippen MR) is 23.7 cm³/mol. The average molecular weight is 79.1 g/mol. The standard InChI is InChI=1S/C5H5N/c1-5-2-3-6-4-5/h2-3H,1H3. The van der Waals surface area contributed by atoms with Gasteiger partial charge in [-0.3, -0.25) is 5.32 Å². The first-order chi connectivity index (χ1) is 2.89. The zero-order valence-electron chi connectivity index (χ0n) is 3.60. The van der Waals surface area contributed by atoms with Crippen molar-refractivity contribution in [1.29, 1.82) is 0 Å². The van der Waals surface area contributed by atoms with Gasteiger partial charge in [-0.25, -0.2) is 0 Å². The molecular formula is C5H5N. The molecule has 0 unspecified atom stereocenters. The molecule has 1 heterocycles. The van der Waals surface area contributed by atoms with E-state index < -0.39 is 0 Å². The second-order valence-corrected chi connectivity index (χ2v) is 1.24. The highest BCUT2D eigenvalue weighted by atomic mass is 14.8. The summed E-state index contributed by atoms with van der Waals surface area (Å²) in [6.45, 7) is 1.97. The fourth-order valence-electron chi connectivity index (χ4n) is 0.325. The first-order valence-corrected chi connectivity index (χ1v) is 1.85. The van der Waals surface area contributed by atoms with Gasteiger partial charge in [-0.05, 0) is 18.6 Å². The summed E-state index contributed by atoms with van der Waals surface area (Å²) in [7, 11) is 0. The van der Waals surface area contributed by atoms with E-state index in [4.69, 9.17) is 0 Å². The van der Waals surface area contributed by atoms with Crippen LogP contribution in [0.1, 0.15) is 6.92 Å². The summed E-state index contributed by atoms with van der Waals surface area (Å²) in [5, 5.41) is 3.70. The van der Waals surface area contributed by atoms with Crippen LogP contribution in [0.2, 0.25) is 0 Å². The fourth-order valence-corrected chi connectivity index (χ4v) is 0.325. The van der Waals surface area contributed by atoms with Crippen LogP contribution in [0.15, 0.2) is 17.8 Å². The maximum Gasteiger partial charge on any atom is 0.0918 e. The largest absolute Gasteiger partial charge is 0.254 e. The molecule has 0 N–H and O–H groups in total. The van der Waals surface area contributed by atoms with Crippen molar-refractivity contribution in [2.75, 3.05) is 0 Å². The molecule has 0 atom stereocenters. The van der Waals surface area contributed by atoms with E-state index in [0.29, 0.717) is 0 Å². The van der Waals surface area contributed by atoms with Crippen LogP contribution in [-0.2, 0) is 0 Å². The second kappa shape index (κ2) is 1.17. The van der Waals surface area contributed by atoms with Crippen molar-refractivity contribution in [3.63, 3.8) is 0 Å². The number of rotatable bonds is 0. The molecule has 0 aromatic rings. The van der Waals surface area contributed by atoms with Gasteiger partial charge in [-0.2, -0.15) is 0 Å². The van der Waals surface area contributed by atoms with Crippen molar-refractivity contribution in [3.05, 3.63) is 24.0 Å². The zero-order chi connectivity index (χ0) is 4.41. The van der Waals surface area contributed by atoms with Crippen molar-refractivity contribution in [1.82, 2.24) is 5.32 Å². The molecule has 0 saturated carbocycles. The van der Waals surface area contributed by atoms with E-state index in [-0.39, 0.29) is 0 Å². The molecule has 0 spiro atoms. The first-order valence-electron chi connectivity index (χ1n) is 1.85. The van der Waals surface area contributed by atoms with Gasteiger partial charge in [-0.15, -0.1) is 0 Å². The maximum atomic E-state index is 3.70. The van der Waals surface area contributed by atoms with Gasteiger partial charge in [0.25, 0.3) is 0 Å². The van der Waals surface area contributed by atoms with Crippen LogP contribution in [-0.4, -0.2) is 0 Å². The Morgan fingerprint density at radius 3 is 2.83 bits per heavy atom. The number of nitrogens with zero attached hydrogens (tertiary/aromatic N) is 1. The monoisotopic (exact) mass is 79.0 g/mol. The lowest BCUT2D eigenvalue weighted by Crippen LogP contribution is -1.72. The summed E-state index contributed by atoms with van der Waals surface area (Å²) in [5.74, 6) is 0. The zero-order valence-corrected chi connectivity index (χ0v) is 3.60. The van der Waals surface area contributed by atoms with E-state index in [1.54, 1.807) is 6.20 Å². The molecule has 2 radical (unpaired) electrons. The van der Waals surface area contributed by atoms with E-state index in [1.807, 2.05) is 13.0 Å². The van der Waals surface area contributed by atoms with Gasteiger partial charge in [0.05, 0.1) is 6.20 Å². The predicted octanol–water partition coefficient (Wildman–Crippen LogP) is 0.825. The van der Waals surface area contributed by atoms with Crippen molar-refractivity contribution in [2.24, 2.45) is 0 Å². The Hall–Kier alpha value is -0.720. The Kier molecular flexibility index (Phi) is 0.675. The minimum Gasteiger partial charge on any atom is -0.254 e. The summed E-state index contributed by atoms with van der Waals surface area (Å²) in [4.78, 5) is 0. The SMILES string of the molecule is CC1=[C][N]C=C1. The summed E-state index contributed by atoms with van der Waals surface area (Å²) >= 11 is 0. The Labute approximate surface area is 37.4 Å². The van der Waals surface area contributed by atoms with Crippen molar-refractivity contribution in [3.8, 4) is 0 Å². The molecule has 6 heavy (non-hydrogen) atoms. The van der Waals surface area contributed by atoms with E-state index in [9.17, 15) is 0 Å². The Morgan fingerprint density at radius 1 is 1.83 bits per heavy atom. The Morgan fingerprint density at radius 2 is 2.67 bits per heavy atom. The lowest BCUT2D eigenvalue weighted by atomic mass is 10.4. The van der Waals surface area contributed by atoms with Gasteiger partial charge in [-0.1, -0.05) is 0 Å². The van der Waals surface area contributed by atoms with Crippen LogP contribution >= 0.6 is 0 Å². The second-order valence-electron chi connectivity index (χ2n) is 1.24. The van der Waals surface area contributed by atoms with E-state index in [2.05, 4.69) is 11.5 Å². The smallest absolute Gasteiger partial charge is 0.0918 e. The van der Waals surface area contributed by atoms with Crippen LogP contribution in [0.4, 0.5) is 0 Å². The molecule has 1 nitrogen and oxygen atoms in total. The van der Waals surface area contributed by atoms with E-state index >= 15 is 0 Å². The highest BCUT2D eigenvalue weighted by Gasteiger charge is 1.86. The lowest BCUT2D eigenvalue weighted by Gasteiger charge is -1.69. The van der Waals surface area contributed by atoms with Crippen LogP contribution in [0.5, 0.6) is 0 Å². The minimum atomic E-state index is 1.11. The molecule has 30 valence electrons. The van der Waals surface area contributed by atoms with Gasteiger partial charge < -0.3 is 0 Å². The molecule has 0 aliphatic carbocycles. The lowest BCUT2D eigenvalue weighted by molar-refractivity contribution is 1.15. The molecule has 1 rings (SSSR count). The molecule has 1 aliphatic rings. The Bertz CT molecular complexity index is 97.8. The normalized spacial score (nSPS) is 17.2. The van der Waals surface area contributed by atoms with Crippen LogP contribution in [0.25, 0.3) is 0 Å². The number of hydrogen-bond donors (Lipinski definition) is 0. The third-order valence-corrected chi connectivity index (χ3v) is 0.640. The van der Waals surface area contributed by atoms with Gasteiger partial charge in [0, 0.05) is 6.20 Å². The molecule has 0 aromatic carbocycles. The van der Waals surface area contributed by atoms with Crippen molar-refractivity contribution < 1.29 is 0 Å². The molecule has 0 fully saturated rings. The summed E-state index contributed by atoms with van der Waals surface area (Å²) in [5.41, 5.74) is 1.11. The van der Waals surface area contributed by atoms with Crippen LogP contribution in [0.3, 0.4) is 0 Å². The molecule has 0 aromatic heterocycles. The molecule has 1 aliphatic heterocycles. The molecular weight excluding hydrogens is 74.1 g/mol. The van der Waals surface area contributed by atoms with Gasteiger partial charge in [0.1, 0.15) is 0 Å². The first kappa shape index (κ1) is 3.47. The number of hydrogen-bond acceptors (Lipinski definition) is 0. The number of allylic oxidation sites excluding steroid dienone is 2. The van der Waals surface area contributed by atoms with E-state index in [1.165, 1.54) is 0 Å². The van der Waals surface area contributed by atoms with E-state index in [0.717, 1.165) is 5.57 Å². The quantitative estimate of drug-likeness (QED) is 0.408. The fraction of sp³-hybridized carbons (Fsp3) is 0.200. The molecule has 0 amide bonds. The minimum absolute atomic E-state index is 1.11. The topological polar surface area (TPSA) is 14.1 Å². The summed E-state index contributed by atoms with van der Waals surface area (Å²) in [6, 6.07) is 0. The highest BCUT2D eigenvalue weighted by Crippen LogP contribution is 1.96. The summed E-state index contributed by atoms with van der Waals surface area (Å²) < 4.78 is 0. The van der Waals surface area contributed by atoms with Gasteiger partial charge >= 0.3 is 0 Å². The average Bonchev–Trinajstić information content (AvgIpc) is 1.86. The molecule has 0 saturated heterocycles. The third-order valence-electron chi connectivity index (χ3n) is 0.640.